The van der Waals surface area contributed by atoms with E-state index in [1.54, 1.807) is 0 Å². The Morgan fingerprint density at radius 2 is 1.65 bits per heavy atom. The molecule has 0 atom stereocenters. The number of halogens is 1. The molecular weight excluding hydrogens is 238 g/mol. The Hall–Kier alpha value is -0.645. The van der Waals surface area contributed by atoms with Crippen molar-refractivity contribution in [2.24, 2.45) is 0 Å². The fourth-order valence-corrected chi connectivity index (χ4v) is 1.95. The summed E-state index contributed by atoms with van der Waals surface area (Å²) in [7, 11) is -0.506. The summed E-state index contributed by atoms with van der Waals surface area (Å²) in [6.07, 6.45) is 1.44. The average Bonchev–Trinajstić information content (AvgIpc) is 2.35. The van der Waals surface area contributed by atoms with Crippen molar-refractivity contribution in [1.82, 2.24) is 9.97 Å². The lowest BCUT2D eigenvalue weighted by Gasteiger charge is -2.32. The highest BCUT2D eigenvalue weighted by molar-refractivity contribution is 6.65. The third-order valence-corrected chi connectivity index (χ3v) is 3.82. The Morgan fingerprint density at radius 3 is 2.12 bits per heavy atom. The van der Waals surface area contributed by atoms with Gasteiger partial charge in [-0.1, -0.05) is 11.6 Å². The average molecular weight is 255 g/mol. The van der Waals surface area contributed by atoms with Crippen LogP contribution in [0.2, 0.25) is 5.15 Å². The summed E-state index contributed by atoms with van der Waals surface area (Å²) in [6.45, 7) is 9.87. The van der Waals surface area contributed by atoms with Gasteiger partial charge in [-0.25, -0.2) is 9.97 Å². The van der Waals surface area contributed by atoms with Gasteiger partial charge < -0.3 is 9.31 Å². The van der Waals surface area contributed by atoms with Crippen molar-refractivity contribution in [3.8, 4) is 0 Å². The van der Waals surface area contributed by atoms with E-state index in [-0.39, 0.29) is 11.2 Å². The van der Waals surface area contributed by atoms with Crippen molar-refractivity contribution in [2.75, 3.05) is 0 Å². The molecule has 0 N–H and O–H groups in total. The molecule has 0 aromatic carbocycles. The number of rotatable bonds is 1. The van der Waals surface area contributed by atoms with Gasteiger partial charge in [0, 0.05) is 11.2 Å². The molecule has 0 saturated carbocycles. The van der Waals surface area contributed by atoms with E-state index in [1.807, 2.05) is 34.6 Å². The third-order valence-electron chi connectivity index (χ3n) is 3.52. The first-order chi connectivity index (χ1) is 7.74. The van der Waals surface area contributed by atoms with Crippen LogP contribution < -0.4 is 5.46 Å². The molecular formula is C11H16BClN2O2. The molecule has 1 aromatic rings. The van der Waals surface area contributed by atoms with E-state index in [0.717, 1.165) is 5.69 Å². The topological polar surface area (TPSA) is 44.2 Å². The molecule has 1 aliphatic heterocycles. The second kappa shape index (κ2) is 3.94. The molecule has 0 spiro atoms. The number of hydrogen-bond acceptors (Lipinski definition) is 4. The number of nitrogens with zero attached hydrogens (tertiary/aromatic N) is 2. The zero-order chi connectivity index (χ0) is 12.8. The van der Waals surface area contributed by atoms with Crippen molar-refractivity contribution in [3.63, 3.8) is 0 Å². The summed E-state index contributed by atoms with van der Waals surface area (Å²) >= 11 is 6.08. The van der Waals surface area contributed by atoms with Crippen LogP contribution in [0.4, 0.5) is 0 Å². The lowest BCUT2D eigenvalue weighted by Crippen LogP contribution is -2.41. The molecule has 2 rings (SSSR count). The molecule has 0 bridgehead atoms. The largest absolute Gasteiger partial charge is 0.499 e. The fraction of sp³-hybridized carbons (Fsp3) is 0.636. The highest BCUT2D eigenvalue weighted by Gasteiger charge is 2.52. The Balaban J connectivity index is 2.39. The van der Waals surface area contributed by atoms with Crippen LogP contribution in [0, 0.1) is 6.92 Å². The second-order valence-electron chi connectivity index (χ2n) is 5.25. The van der Waals surface area contributed by atoms with Gasteiger partial charge in [-0.2, -0.15) is 0 Å². The summed E-state index contributed by atoms with van der Waals surface area (Å²) in [5.74, 6) is 0. The highest BCUT2D eigenvalue weighted by Crippen LogP contribution is 2.36. The second-order valence-corrected chi connectivity index (χ2v) is 5.61. The zero-order valence-corrected chi connectivity index (χ0v) is 11.5. The SMILES string of the molecule is Cc1ncnc(Cl)c1B1OC(C)(C)C(C)(C)O1. The number of aryl methyl sites for hydroxylation is 1. The van der Waals surface area contributed by atoms with Gasteiger partial charge in [-0.3, -0.25) is 0 Å². The van der Waals surface area contributed by atoms with Crippen molar-refractivity contribution in [3.05, 3.63) is 17.2 Å². The molecule has 6 heteroatoms. The first-order valence-electron chi connectivity index (χ1n) is 5.57. The van der Waals surface area contributed by atoms with Crippen LogP contribution in [0.1, 0.15) is 33.4 Å². The van der Waals surface area contributed by atoms with Gasteiger partial charge in [0.1, 0.15) is 11.5 Å². The minimum absolute atomic E-state index is 0.385. The van der Waals surface area contributed by atoms with Gasteiger partial charge in [0.15, 0.2) is 0 Å². The minimum Gasteiger partial charge on any atom is -0.399 e. The predicted octanol–water partition coefficient (Wildman–Crippen LogP) is 1.74. The molecule has 0 aliphatic carbocycles. The maximum Gasteiger partial charge on any atom is 0.499 e. The Labute approximate surface area is 107 Å². The van der Waals surface area contributed by atoms with Gasteiger partial charge in [0.05, 0.1) is 11.2 Å². The lowest BCUT2D eigenvalue weighted by atomic mass is 9.79. The Morgan fingerprint density at radius 1 is 1.12 bits per heavy atom. The summed E-state index contributed by atoms with van der Waals surface area (Å²) in [4.78, 5) is 8.10. The monoisotopic (exact) mass is 254 g/mol. The van der Waals surface area contributed by atoms with Gasteiger partial charge in [-0.05, 0) is 34.6 Å². The summed E-state index contributed by atoms with van der Waals surface area (Å²) < 4.78 is 11.9. The molecule has 92 valence electrons. The van der Waals surface area contributed by atoms with Gasteiger partial charge >= 0.3 is 7.12 Å². The van der Waals surface area contributed by atoms with Gasteiger partial charge in [0.25, 0.3) is 0 Å². The van der Waals surface area contributed by atoms with Crippen LogP contribution in [0.25, 0.3) is 0 Å². The van der Waals surface area contributed by atoms with E-state index in [2.05, 4.69) is 9.97 Å². The molecule has 0 unspecified atom stereocenters. The van der Waals surface area contributed by atoms with Crippen LogP contribution in [0.15, 0.2) is 6.33 Å². The van der Waals surface area contributed by atoms with Crippen LogP contribution >= 0.6 is 11.6 Å². The van der Waals surface area contributed by atoms with E-state index in [4.69, 9.17) is 20.9 Å². The van der Waals surface area contributed by atoms with Crippen LogP contribution in [-0.2, 0) is 9.31 Å². The van der Waals surface area contributed by atoms with Gasteiger partial charge in [-0.15, -0.1) is 0 Å². The zero-order valence-electron chi connectivity index (χ0n) is 10.7. The van der Waals surface area contributed by atoms with Crippen molar-refractivity contribution >= 4 is 24.2 Å². The molecule has 1 aromatic heterocycles. The molecule has 2 heterocycles. The minimum atomic E-state index is -0.506. The Bertz CT molecular complexity index is 415. The number of hydrogen-bond donors (Lipinski definition) is 0. The van der Waals surface area contributed by atoms with E-state index in [1.165, 1.54) is 6.33 Å². The molecule has 0 amide bonds. The summed E-state index contributed by atoms with van der Waals surface area (Å²) in [6, 6.07) is 0. The van der Waals surface area contributed by atoms with E-state index in [0.29, 0.717) is 10.6 Å². The quantitative estimate of drug-likeness (QED) is 0.566. The predicted molar refractivity (Wildman–Crippen MR) is 67.5 cm³/mol. The van der Waals surface area contributed by atoms with Crippen LogP contribution in [-0.4, -0.2) is 28.3 Å². The van der Waals surface area contributed by atoms with Crippen molar-refractivity contribution in [2.45, 2.75) is 45.8 Å². The smallest absolute Gasteiger partial charge is 0.399 e. The highest BCUT2D eigenvalue weighted by atomic mass is 35.5. The molecule has 17 heavy (non-hydrogen) atoms. The fourth-order valence-electron chi connectivity index (χ4n) is 1.68. The number of aromatic nitrogens is 2. The van der Waals surface area contributed by atoms with Crippen molar-refractivity contribution in [1.29, 1.82) is 0 Å². The summed E-state index contributed by atoms with van der Waals surface area (Å²) in [5, 5.41) is 0.385. The maximum atomic E-state index is 6.08. The standard InChI is InChI=1S/C11H16BClN2O2/c1-7-8(9(13)15-6-14-7)12-16-10(2,3)11(4,5)17-12/h6H,1-5H3. The van der Waals surface area contributed by atoms with E-state index in [9.17, 15) is 0 Å². The van der Waals surface area contributed by atoms with Crippen LogP contribution in [0.5, 0.6) is 0 Å². The Kier molecular flexibility index (Phi) is 2.96. The third kappa shape index (κ3) is 2.07. The van der Waals surface area contributed by atoms with Crippen LogP contribution in [0.3, 0.4) is 0 Å². The van der Waals surface area contributed by atoms with Crippen molar-refractivity contribution < 1.29 is 9.31 Å². The normalized spacial score (nSPS) is 21.9. The molecule has 0 radical (unpaired) electrons. The van der Waals surface area contributed by atoms with E-state index >= 15 is 0 Å². The molecule has 1 saturated heterocycles. The first-order valence-corrected chi connectivity index (χ1v) is 5.95. The summed E-state index contributed by atoms with van der Waals surface area (Å²) in [5.41, 5.74) is 0.725. The molecule has 1 fully saturated rings. The van der Waals surface area contributed by atoms with E-state index < -0.39 is 7.12 Å². The molecule has 1 aliphatic rings. The maximum absolute atomic E-state index is 6.08. The first kappa shape index (κ1) is 12.8. The molecule has 4 nitrogen and oxygen atoms in total. The van der Waals surface area contributed by atoms with Gasteiger partial charge in [0.2, 0.25) is 0 Å². The lowest BCUT2D eigenvalue weighted by molar-refractivity contribution is 0.00578.